The smallest absolute Gasteiger partial charge is 0.262 e. The number of H-pyrrole nitrogens is 1. The summed E-state index contributed by atoms with van der Waals surface area (Å²) in [5.74, 6) is -0.0107. The maximum Gasteiger partial charge on any atom is 0.262 e. The molecule has 0 spiro atoms. The average Bonchev–Trinajstić information content (AvgIpc) is 3.14. The van der Waals surface area contributed by atoms with Crippen molar-refractivity contribution in [2.75, 3.05) is 10.6 Å². The number of fused-ring (bicyclic) bond motifs is 1. The van der Waals surface area contributed by atoms with Gasteiger partial charge in [-0.15, -0.1) is 6.58 Å². The van der Waals surface area contributed by atoms with Gasteiger partial charge in [-0.2, -0.15) is 10.1 Å². The van der Waals surface area contributed by atoms with Gasteiger partial charge in [-0.05, 0) is 26.7 Å². The Labute approximate surface area is 177 Å². The van der Waals surface area contributed by atoms with Gasteiger partial charge in [0.1, 0.15) is 28.0 Å². The van der Waals surface area contributed by atoms with E-state index >= 15 is 0 Å². The van der Waals surface area contributed by atoms with Crippen molar-refractivity contribution in [3.8, 4) is 0 Å². The molecule has 0 aromatic carbocycles. The van der Waals surface area contributed by atoms with Gasteiger partial charge in [-0.1, -0.05) is 41.6 Å². The van der Waals surface area contributed by atoms with E-state index in [0.29, 0.717) is 32.6 Å². The van der Waals surface area contributed by atoms with E-state index in [4.69, 9.17) is 4.52 Å². The summed E-state index contributed by atoms with van der Waals surface area (Å²) in [6, 6.07) is 0. The molecule has 9 nitrogen and oxygen atoms in total. The van der Waals surface area contributed by atoms with Crippen LogP contribution in [0.3, 0.4) is 0 Å². The molecule has 1 unspecified atom stereocenters. The van der Waals surface area contributed by atoms with Gasteiger partial charge in [0, 0.05) is 11.8 Å². The largest absolute Gasteiger partial charge is 0.364 e. The molecule has 0 saturated heterocycles. The number of rotatable bonds is 6. The van der Waals surface area contributed by atoms with Gasteiger partial charge in [0.2, 0.25) is 5.91 Å². The molecule has 3 N–H and O–H groups in total. The molecule has 3 aromatic heterocycles. The third-order valence-corrected chi connectivity index (χ3v) is 5.50. The predicted molar refractivity (Wildman–Crippen MR) is 117 cm³/mol. The highest BCUT2D eigenvalue weighted by Gasteiger charge is 2.30. The Hall–Kier alpha value is -3.27. The minimum absolute atomic E-state index is 0.0242. The SMILES string of the molecule is C=C(C)C(C)c1nocc1C(=O)Nc1[nH]nc2nc(NC(=O)C3CC3)sc12.C=CC. The van der Waals surface area contributed by atoms with Crippen molar-refractivity contribution in [1.29, 1.82) is 0 Å². The van der Waals surface area contributed by atoms with Crippen molar-refractivity contribution in [1.82, 2.24) is 20.3 Å². The van der Waals surface area contributed by atoms with E-state index in [1.54, 1.807) is 6.08 Å². The molecule has 0 aliphatic heterocycles. The zero-order chi connectivity index (χ0) is 21.8. The topological polar surface area (TPSA) is 126 Å². The van der Waals surface area contributed by atoms with Gasteiger partial charge in [0.15, 0.2) is 10.8 Å². The Morgan fingerprint density at radius 1 is 1.40 bits per heavy atom. The Balaban J connectivity index is 0.000000806. The fourth-order valence-corrected chi connectivity index (χ4v) is 3.40. The number of allylic oxidation sites excluding steroid dienone is 2. The summed E-state index contributed by atoms with van der Waals surface area (Å²) < 4.78 is 5.64. The maximum absolute atomic E-state index is 12.7. The summed E-state index contributed by atoms with van der Waals surface area (Å²) in [5, 5.41) is 16.8. The molecule has 30 heavy (non-hydrogen) atoms. The van der Waals surface area contributed by atoms with E-state index in [0.717, 1.165) is 18.4 Å². The first-order chi connectivity index (χ1) is 14.3. The number of carbonyl (C=O) groups is 2. The summed E-state index contributed by atoms with van der Waals surface area (Å²) in [4.78, 5) is 28.8. The average molecular weight is 429 g/mol. The minimum atomic E-state index is -0.373. The summed E-state index contributed by atoms with van der Waals surface area (Å²) in [7, 11) is 0. The number of aromatic nitrogens is 4. The molecular formula is C20H24N6O3S. The quantitative estimate of drug-likeness (QED) is 0.497. The highest BCUT2D eigenvalue weighted by Crippen LogP contribution is 2.34. The number of nitrogens with zero attached hydrogens (tertiary/aromatic N) is 3. The van der Waals surface area contributed by atoms with Crippen LogP contribution in [-0.4, -0.2) is 32.2 Å². The number of hydrogen-bond acceptors (Lipinski definition) is 7. The molecular weight excluding hydrogens is 404 g/mol. The van der Waals surface area contributed by atoms with Crippen LogP contribution in [-0.2, 0) is 4.79 Å². The normalized spacial score (nSPS) is 13.8. The second-order valence-electron chi connectivity index (χ2n) is 7.08. The fourth-order valence-electron chi connectivity index (χ4n) is 2.54. The van der Waals surface area contributed by atoms with Crippen LogP contribution in [0.25, 0.3) is 10.3 Å². The van der Waals surface area contributed by atoms with Crippen LogP contribution in [0.2, 0.25) is 0 Å². The number of nitrogens with one attached hydrogen (secondary N) is 3. The second-order valence-corrected chi connectivity index (χ2v) is 8.08. The lowest BCUT2D eigenvalue weighted by molar-refractivity contribution is -0.117. The number of carbonyl (C=O) groups excluding carboxylic acids is 2. The first kappa shape index (κ1) is 21.4. The summed E-state index contributed by atoms with van der Waals surface area (Å²) in [5.41, 5.74) is 2.17. The molecule has 158 valence electrons. The molecule has 1 saturated carbocycles. The highest BCUT2D eigenvalue weighted by atomic mass is 32.1. The lowest BCUT2D eigenvalue weighted by Crippen LogP contribution is -2.15. The number of amides is 2. The molecule has 10 heteroatoms. The number of thiazole rings is 1. The lowest BCUT2D eigenvalue weighted by atomic mass is 9.97. The van der Waals surface area contributed by atoms with Gasteiger partial charge >= 0.3 is 0 Å². The van der Waals surface area contributed by atoms with E-state index < -0.39 is 0 Å². The van der Waals surface area contributed by atoms with Gasteiger partial charge in [-0.25, -0.2) is 0 Å². The maximum atomic E-state index is 12.7. The first-order valence-electron chi connectivity index (χ1n) is 9.49. The molecule has 1 aliphatic carbocycles. The standard InChI is InChI=1S/C17H18N6O3S.C3H6/c1-7(2)8(3)11-10(6-26-23-11)16(25)18-13-12-14(22-21-13)19-17(27-12)20-15(24)9-4-5-9;1-3-2/h6,8-9H,1,4-5H2,2-3H3,(H3,18,19,20,21,22,24,25);3H,1H2,2H3. The Bertz CT molecular complexity index is 1090. The van der Waals surface area contributed by atoms with Crippen LogP contribution >= 0.6 is 11.3 Å². The van der Waals surface area contributed by atoms with Crippen molar-refractivity contribution in [2.24, 2.45) is 5.92 Å². The van der Waals surface area contributed by atoms with Crippen molar-refractivity contribution in [3.63, 3.8) is 0 Å². The molecule has 3 aromatic rings. The monoisotopic (exact) mass is 428 g/mol. The Kier molecular flexibility index (Phi) is 6.46. The lowest BCUT2D eigenvalue weighted by Gasteiger charge is -2.09. The molecule has 1 fully saturated rings. The van der Waals surface area contributed by atoms with Crippen LogP contribution in [0.4, 0.5) is 10.9 Å². The highest BCUT2D eigenvalue weighted by molar-refractivity contribution is 7.22. The molecule has 1 atom stereocenters. The third-order valence-electron chi connectivity index (χ3n) is 4.52. The third kappa shape index (κ3) is 4.65. The van der Waals surface area contributed by atoms with Crippen LogP contribution in [0.1, 0.15) is 55.6 Å². The Morgan fingerprint density at radius 2 is 2.10 bits per heavy atom. The van der Waals surface area contributed by atoms with E-state index in [1.807, 2.05) is 20.8 Å². The molecule has 3 heterocycles. The number of hydrogen-bond donors (Lipinski definition) is 3. The van der Waals surface area contributed by atoms with E-state index in [2.05, 4.69) is 44.1 Å². The summed E-state index contributed by atoms with van der Waals surface area (Å²) in [6.45, 7) is 12.9. The molecule has 0 radical (unpaired) electrons. The molecule has 4 rings (SSSR count). The Morgan fingerprint density at radius 3 is 2.73 bits per heavy atom. The first-order valence-corrected chi connectivity index (χ1v) is 10.3. The fraction of sp³-hybridized carbons (Fsp3) is 0.350. The van der Waals surface area contributed by atoms with E-state index in [9.17, 15) is 9.59 Å². The van der Waals surface area contributed by atoms with Crippen molar-refractivity contribution < 1.29 is 14.1 Å². The van der Waals surface area contributed by atoms with E-state index in [1.165, 1.54) is 17.6 Å². The zero-order valence-corrected chi connectivity index (χ0v) is 17.9. The van der Waals surface area contributed by atoms with Crippen molar-refractivity contribution >= 4 is 44.4 Å². The van der Waals surface area contributed by atoms with Crippen LogP contribution < -0.4 is 10.6 Å². The zero-order valence-electron chi connectivity index (χ0n) is 17.1. The van der Waals surface area contributed by atoms with Gasteiger partial charge < -0.3 is 15.2 Å². The summed E-state index contributed by atoms with van der Waals surface area (Å²) in [6.07, 6.45) is 4.89. The van der Waals surface area contributed by atoms with E-state index in [-0.39, 0.29) is 23.7 Å². The van der Waals surface area contributed by atoms with Gasteiger partial charge in [-0.3, -0.25) is 14.7 Å². The molecule has 2 amide bonds. The van der Waals surface area contributed by atoms with Crippen LogP contribution in [0, 0.1) is 5.92 Å². The van der Waals surface area contributed by atoms with Crippen LogP contribution in [0.15, 0.2) is 35.6 Å². The van der Waals surface area contributed by atoms with Gasteiger partial charge in [0.25, 0.3) is 5.91 Å². The van der Waals surface area contributed by atoms with Crippen LogP contribution in [0.5, 0.6) is 0 Å². The van der Waals surface area contributed by atoms with Gasteiger partial charge in [0.05, 0.1) is 0 Å². The number of aromatic amines is 1. The molecule has 0 bridgehead atoms. The predicted octanol–water partition coefficient (Wildman–Crippen LogP) is 4.48. The minimum Gasteiger partial charge on any atom is -0.364 e. The van der Waals surface area contributed by atoms with Crippen molar-refractivity contribution in [2.45, 2.75) is 39.5 Å². The molecule has 1 aliphatic rings. The van der Waals surface area contributed by atoms with Crippen molar-refractivity contribution in [3.05, 3.63) is 42.3 Å². The summed E-state index contributed by atoms with van der Waals surface area (Å²) >= 11 is 1.25. The second kappa shape index (κ2) is 9.04. The number of anilines is 2.